The molecule has 0 spiro atoms. The standard InChI is InChI=1S/C11H22OSi/c1-13(2,3)9-5-4-6-10-11(12-10)8-7-9/h9-11H,4-8H2,1-3H3. The van der Waals surface area contributed by atoms with Crippen molar-refractivity contribution in [1.29, 1.82) is 0 Å². The Morgan fingerprint density at radius 1 is 0.923 bits per heavy atom. The van der Waals surface area contributed by atoms with E-state index in [4.69, 9.17) is 4.74 Å². The molecule has 13 heavy (non-hydrogen) atoms. The zero-order valence-electron chi connectivity index (χ0n) is 9.18. The average molecular weight is 198 g/mol. The molecule has 0 aromatic rings. The number of ether oxygens (including phenoxy) is 1. The molecule has 2 heteroatoms. The molecule has 3 atom stereocenters. The van der Waals surface area contributed by atoms with Crippen LogP contribution in [0.3, 0.4) is 0 Å². The minimum atomic E-state index is -0.878. The molecule has 0 radical (unpaired) electrons. The summed E-state index contributed by atoms with van der Waals surface area (Å²) in [5.74, 6) is 0. The topological polar surface area (TPSA) is 12.5 Å². The fraction of sp³-hybridized carbons (Fsp3) is 1.00. The lowest BCUT2D eigenvalue weighted by atomic mass is 10.0. The average Bonchev–Trinajstić information content (AvgIpc) is 2.63. The summed E-state index contributed by atoms with van der Waals surface area (Å²) in [4.78, 5) is 0. The van der Waals surface area contributed by atoms with Crippen LogP contribution in [-0.2, 0) is 4.74 Å². The summed E-state index contributed by atoms with van der Waals surface area (Å²) in [6, 6.07) is 0. The van der Waals surface area contributed by atoms with Gasteiger partial charge in [-0.05, 0) is 18.4 Å². The molecule has 76 valence electrons. The van der Waals surface area contributed by atoms with Crippen LogP contribution in [0.2, 0.25) is 25.2 Å². The molecule has 0 N–H and O–H groups in total. The minimum Gasteiger partial charge on any atom is -0.370 e. The molecule has 2 rings (SSSR count). The molecular weight excluding hydrogens is 176 g/mol. The second-order valence-corrected chi connectivity index (χ2v) is 11.3. The van der Waals surface area contributed by atoms with Crippen molar-refractivity contribution < 1.29 is 4.74 Å². The third-order valence-electron chi connectivity index (χ3n) is 3.75. The molecule has 2 aliphatic rings. The fourth-order valence-electron chi connectivity index (χ4n) is 2.63. The van der Waals surface area contributed by atoms with E-state index in [0.717, 1.165) is 5.54 Å². The lowest BCUT2D eigenvalue weighted by molar-refractivity contribution is 0.358. The Balaban J connectivity index is 1.90. The Kier molecular flexibility index (Phi) is 2.54. The minimum absolute atomic E-state index is 0.666. The van der Waals surface area contributed by atoms with E-state index < -0.39 is 8.07 Å². The van der Waals surface area contributed by atoms with Gasteiger partial charge in [-0.1, -0.05) is 38.9 Å². The Morgan fingerprint density at radius 3 is 2.31 bits per heavy atom. The van der Waals surface area contributed by atoms with Gasteiger partial charge in [-0.3, -0.25) is 0 Å². The number of fused-ring (bicyclic) bond motifs is 1. The van der Waals surface area contributed by atoms with Crippen LogP contribution in [0, 0.1) is 0 Å². The summed E-state index contributed by atoms with van der Waals surface area (Å²) < 4.78 is 5.61. The van der Waals surface area contributed by atoms with Gasteiger partial charge < -0.3 is 4.74 Å². The van der Waals surface area contributed by atoms with Gasteiger partial charge in [-0.15, -0.1) is 0 Å². The van der Waals surface area contributed by atoms with Crippen molar-refractivity contribution in [2.24, 2.45) is 0 Å². The summed E-state index contributed by atoms with van der Waals surface area (Å²) in [6.07, 6.45) is 8.35. The first kappa shape index (κ1) is 9.72. The van der Waals surface area contributed by atoms with E-state index >= 15 is 0 Å². The lowest BCUT2D eigenvalue weighted by Gasteiger charge is -2.29. The van der Waals surface area contributed by atoms with E-state index in [0.29, 0.717) is 12.2 Å². The van der Waals surface area contributed by atoms with Crippen LogP contribution in [0.4, 0.5) is 0 Å². The first-order valence-electron chi connectivity index (χ1n) is 5.73. The molecule has 1 saturated heterocycles. The SMILES string of the molecule is C[Si](C)(C)C1CCCC2OC2CC1. The number of epoxide rings is 1. The molecule has 1 nitrogen and oxygen atoms in total. The molecule has 0 amide bonds. The normalized spacial score (nSPS) is 40.4. The van der Waals surface area contributed by atoms with Crippen LogP contribution in [-0.4, -0.2) is 20.3 Å². The maximum atomic E-state index is 5.61. The third-order valence-corrected chi connectivity index (χ3v) is 6.78. The van der Waals surface area contributed by atoms with Gasteiger partial charge in [0.05, 0.1) is 12.2 Å². The van der Waals surface area contributed by atoms with E-state index in [1.807, 2.05) is 0 Å². The van der Waals surface area contributed by atoms with Crippen LogP contribution in [0.1, 0.15) is 32.1 Å². The zero-order valence-corrected chi connectivity index (χ0v) is 10.2. The number of hydrogen-bond donors (Lipinski definition) is 0. The molecule has 1 heterocycles. The Labute approximate surface area is 82.9 Å². The molecule has 0 bridgehead atoms. The quantitative estimate of drug-likeness (QED) is 0.464. The predicted molar refractivity (Wildman–Crippen MR) is 58.8 cm³/mol. The first-order valence-corrected chi connectivity index (χ1v) is 9.30. The van der Waals surface area contributed by atoms with Crippen molar-refractivity contribution in [3.63, 3.8) is 0 Å². The predicted octanol–water partition coefficient (Wildman–Crippen LogP) is 3.43. The molecule has 2 fully saturated rings. The molecule has 1 saturated carbocycles. The third kappa shape index (κ3) is 2.35. The maximum absolute atomic E-state index is 5.61. The fourth-order valence-corrected chi connectivity index (χ4v) is 4.73. The molecule has 3 unspecified atom stereocenters. The first-order chi connectivity index (χ1) is 6.07. The van der Waals surface area contributed by atoms with Gasteiger partial charge in [-0.25, -0.2) is 0 Å². The summed E-state index contributed by atoms with van der Waals surface area (Å²) in [5.41, 5.74) is 1.05. The van der Waals surface area contributed by atoms with Crippen molar-refractivity contribution in [2.75, 3.05) is 0 Å². The second kappa shape index (κ2) is 3.39. The van der Waals surface area contributed by atoms with Gasteiger partial charge in [-0.2, -0.15) is 0 Å². The van der Waals surface area contributed by atoms with Gasteiger partial charge in [0.1, 0.15) is 0 Å². The number of rotatable bonds is 1. The van der Waals surface area contributed by atoms with Gasteiger partial charge in [0.25, 0.3) is 0 Å². The lowest BCUT2D eigenvalue weighted by Crippen LogP contribution is -2.29. The molecule has 0 aromatic carbocycles. The van der Waals surface area contributed by atoms with Crippen LogP contribution in [0.25, 0.3) is 0 Å². The van der Waals surface area contributed by atoms with Crippen LogP contribution in [0.5, 0.6) is 0 Å². The van der Waals surface area contributed by atoms with Crippen LogP contribution < -0.4 is 0 Å². The van der Waals surface area contributed by atoms with Gasteiger partial charge >= 0.3 is 0 Å². The second-order valence-electron chi connectivity index (χ2n) is 5.78. The van der Waals surface area contributed by atoms with Gasteiger partial charge in [0.15, 0.2) is 0 Å². The van der Waals surface area contributed by atoms with E-state index in [1.54, 1.807) is 0 Å². The van der Waals surface area contributed by atoms with Gasteiger partial charge in [0, 0.05) is 8.07 Å². The highest BCUT2D eigenvalue weighted by Gasteiger charge is 2.40. The Morgan fingerprint density at radius 2 is 1.62 bits per heavy atom. The maximum Gasteiger partial charge on any atom is 0.0841 e. The van der Waals surface area contributed by atoms with E-state index in [9.17, 15) is 0 Å². The van der Waals surface area contributed by atoms with E-state index in [1.165, 1.54) is 32.1 Å². The van der Waals surface area contributed by atoms with Gasteiger partial charge in [0.2, 0.25) is 0 Å². The smallest absolute Gasteiger partial charge is 0.0841 e. The molecular formula is C11H22OSi. The zero-order chi connectivity index (χ0) is 9.47. The van der Waals surface area contributed by atoms with Crippen molar-refractivity contribution in [3.8, 4) is 0 Å². The van der Waals surface area contributed by atoms with E-state index in [-0.39, 0.29) is 0 Å². The Hall–Kier alpha value is 0.177. The summed E-state index contributed by atoms with van der Waals surface area (Å²) >= 11 is 0. The van der Waals surface area contributed by atoms with Crippen molar-refractivity contribution in [1.82, 2.24) is 0 Å². The van der Waals surface area contributed by atoms with Crippen molar-refractivity contribution in [2.45, 2.75) is 69.5 Å². The van der Waals surface area contributed by atoms with Crippen LogP contribution >= 0.6 is 0 Å². The monoisotopic (exact) mass is 198 g/mol. The summed E-state index contributed by atoms with van der Waals surface area (Å²) in [6.45, 7) is 7.56. The number of hydrogen-bond acceptors (Lipinski definition) is 1. The molecule has 1 aliphatic heterocycles. The highest BCUT2D eigenvalue weighted by molar-refractivity contribution is 6.77. The molecule has 0 aromatic heterocycles. The summed E-state index contributed by atoms with van der Waals surface area (Å²) in [7, 11) is -0.878. The van der Waals surface area contributed by atoms with E-state index in [2.05, 4.69) is 19.6 Å². The van der Waals surface area contributed by atoms with Crippen LogP contribution in [0.15, 0.2) is 0 Å². The van der Waals surface area contributed by atoms with Crippen molar-refractivity contribution >= 4 is 8.07 Å². The summed E-state index contributed by atoms with van der Waals surface area (Å²) in [5, 5.41) is 0. The largest absolute Gasteiger partial charge is 0.370 e. The highest BCUT2D eigenvalue weighted by Crippen LogP contribution is 2.41. The molecule has 1 aliphatic carbocycles. The van der Waals surface area contributed by atoms with Crippen molar-refractivity contribution in [3.05, 3.63) is 0 Å². The Bertz CT molecular complexity index is 185. The highest BCUT2D eigenvalue weighted by atomic mass is 28.3.